The van der Waals surface area contributed by atoms with Crippen molar-refractivity contribution in [2.75, 3.05) is 30.8 Å². The fourth-order valence-corrected chi connectivity index (χ4v) is 1.92. The zero-order chi connectivity index (χ0) is 14.4. The second-order valence-corrected chi connectivity index (χ2v) is 4.47. The van der Waals surface area contributed by atoms with Gasteiger partial charge in [0.15, 0.2) is 11.0 Å². The Kier molecular flexibility index (Phi) is 5.20. The molecule has 8 heteroatoms. The summed E-state index contributed by atoms with van der Waals surface area (Å²) >= 11 is 11.9. The third-order valence-corrected chi connectivity index (χ3v) is 2.98. The Labute approximate surface area is 126 Å². The Bertz CT molecular complexity index is 582. The number of nitrogens with one attached hydrogen (secondary N) is 2. The second-order valence-electron chi connectivity index (χ2n) is 3.70. The van der Waals surface area contributed by atoms with Crippen LogP contribution in [0.25, 0.3) is 0 Å². The van der Waals surface area contributed by atoms with Gasteiger partial charge in [-0.15, -0.1) is 0 Å². The van der Waals surface area contributed by atoms with Crippen molar-refractivity contribution in [3.8, 4) is 5.88 Å². The highest BCUT2D eigenvalue weighted by Crippen LogP contribution is 2.25. The van der Waals surface area contributed by atoms with Crippen LogP contribution in [0.5, 0.6) is 5.88 Å². The van der Waals surface area contributed by atoms with E-state index in [1.165, 1.54) is 6.33 Å². The van der Waals surface area contributed by atoms with E-state index in [-0.39, 0.29) is 0 Å². The Morgan fingerprint density at radius 1 is 1.25 bits per heavy atom. The molecule has 6 nitrogen and oxygen atoms in total. The van der Waals surface area contributed by atoms with Gasteiger partial charge in [-0.1, -0.05) is 23.2 Å². The van der Waals surface area contributed by atoms with Gasteiger partial charge in [0, 0.05) is 13.2 Å². The van der Waals surface area contributed by atoms with Crippen molar-refractivity contribution in [3.63, 3.8) is 0 Å². The van der Waals surface area contributed by atoms with E-state index in [0.717, 1.165) is 0 Å². The minimum absolute atomic E-state index is 0.360. The number of aromatic nitrogens is 3. The van der Waals surface area contributed by atoms with Crippen LogP contribution in [0.1, 0.15) is 0 Å². The number of halogens is 2. The van der Waals surface area contributed by atoms with Crippen LogP contribution in [0.15, 0.2) is 24.7 Å². The van der Waals surface area contributed by atoms with Crippen LogP contribution < -0.4 is 15.4 Å². The molecule has 2 aromatic rings. The first-order chi connectivity index (χ1) is 9.72. The van der Waals surface area contributed by atoms with Crippen LogP contribution in [0.2, 0.25) is 10.2 Å². The van der Waals surface area contributed by atoms with Gasteiger partial charge in [-0.3, -0.25) is 0 Å². The maximum atomic E-state index is 5.95. The van der Waals surface area contributed by atoms with Gasteiger partial charge in [0.2, 0.25) is 5.88 Å². The largest absolute Gasteiger partial charge is 0.475 e. The topological polar surface area (TPSA) is 72.0 Å². The summed E-state index contributed by atoms with van der Waals surface area (Å²) < 4.78 is 5.46. The monoisotopic (exact) mass is 313 g/mol. The van der Waals surface area contributed by atoms with Crippen LogP contribution in [0.3, 0.4) is 0 Å². The Morgan fingerprint density at radius 3 is 2.85 bits per heavy atom. The quantitative estimate of drug-likeness (QED) is 0.631. The predicted molar refractivity (Wildman–Crippen MR) is 79.8 cm³/mol. The van der Waals surface area contributed by atoms with Crippen molar-refractivity contribution in [1.82, 2.24) is 15.0 Å². The first-order valence-electron chi connectivity index (χ1n) is 5.88. The lowest BCUT2D eigenvalue weighted by atomic mass is 10.4. The minimum Gasteiger partial charge on any atom is -0.475 e. The van der Waals surface area contributed by atoms with E-state index < -0.39 is 0 Å². The molecule has 0 fully saturated rings. The van der Waals surface area contributed by atoms with Crippen LogP contribution in [-0.2, 0) is 0 Å². The third kappa shape index (κ3) is 3.61. The summed E-state index contributed by atoms with van der Waals surface area (Å²) in [7, 11) is 1.75. The zero-order valence-electron chi connectivity index (χ0n) is 10.7. The van der Waals surface area contributed by atoms with Gasteiger partial charge in [-0.05, 0) is 12.1 Å². The van der Waals surface area contributed by atoms with Crippen LogP contribution in [0.4, 0.5) is 11.5 Å². The van der Waals surface area contributed by atoms with Crippen LogP contribution in [-0.4, -0.2) is 35.2 Å². The van der Waals surface area contributed by atoms with Crippen LogP contribution >= 0.6 is 23.2 Å². The molecular weight excluding hydrogens is 301 g/mol. The molecule has 0 atom stereocenters. The SMILES string of the molecule is CNc1c(Cl)ncnc1NCCOc1ncccc1Cl. The maximum Gasteiger partial charge on any atom is 0.232 e. The van der Waals surface area contributed by atoms with E-state index in [0.29, 0.717) is 40.7 Å². The number of anilines is 2. The van der Waals surface area contributed by atoms with Crippen molar-refractivity contribution in [1.29, 1.82) is 0 Å². The molecule has 0 aromatic carbocycles. The zero-order valence-corrected chi connectivity index (χ0v) is 12.2. The van der Waals surface area contributed by atoms with Crippen molar-refractivity contribution in [2.24, 2.45) is 0 Å². The lowest BCUT2D eigenvalue weighted by Gasteiger charge is -2.11. The molecule has 0 bridgehead atoms. The van der Waals surface area contributed by atoms with Gasteiger partial charge in [-0.2, -0.15) is 0 Å². The average Bonchev–Trinajstić information content (AvgIpc) is 2.45. The molecule has 0 saturated carbocycles. The molecule has 0 radical (unpaired) electrons. The number of nitrogens with zero attached hydrogens (tertiary/aromatic N) is 3. The van der Waals surface area contributed by atoms with Gasteiger partial charge in [0.1, 0.15) is 23.6 Å². The minimum atomic E-state index is 0.360. The number of ether oxygens (including phenoxy) is 1. The van der Waals surface area contributed by atoms with Gasteiger partial charge in [0.05, 0.1) is 6.54 Å². The second kappa shape index (κ2) is 7.12. The fourth-order valence-electron chi connectivity index (χ4n) is 1.51. The molecule has 0 aliphatic heterocycles. The van der Waals surface area contributed by atoms with Gasteiger partial charge < -0.3 is 15.4 Å². The molecule has 0 saturated heterocycles. The van der Waals surface area contributed by atoms with E-state index in [4.69, 9.17) is 27.9 Å². The average molecular weight is 314 g/mol. The molecule has 106 valence electrons. The van der Waals surface area contributed by atoms with Gasteiger partial charge in [0.25, 0.3) is 0 Å². The smallest absolute Gasteiger partial charge is 0.232 e. The summed E-state index contributed by atoms with van der Waals surface area (Å²) in [5.74, 6) is 1.02. The van der Waals surface area contributed by atoms with Gasteiger partial charge in [-0.25, -0.2) is 15.0 Å². The van der Waals surface area contributed by atoms with E-state index in [2.05, 4.69) is 25.6 Å². The standard InChI is InChI=1S/C12H13Cl2N5O/c1-15-9-10(14)18-7-19-11(9)16-5-6-20-12-8(13)3-2-4-17-12/h2-4,7,15H,5-6H2,1H3,(H,16,18,19). The summed E-state index contributed by atoms with van der Waals surface area (Å²) in [5, 5.41) is 6.88. The lowest BCUT2D eigenvalue weighted by molar-refractivity contribution is 0.320. The fraction of sp³-hybridized carbons (Fsp3) is 0.250. The van der Waals surface area contributed by atoms with Crippen molar-refractivity contribution >= 4 is 34.7 Å². The summed E-state index contributed by atoms with van der Waals surface area (Å²) in [6.45, 7) is 0.913. The molecule has 2 aromatic heterocycles. The molecule has 2 N–H and O–H groups in total. The predicted octanol–water partition coefficient (Wildman–Crippen LogP) is 2.71. The van der Waals surface area contributed by atoms with Crippen molar-refractivity contribution in [3.05, 3.63) is 34.8 Å². The molecule has 0 spiro atoms. The van der Waals surface area contributed by atoms with Crippen molar-refractivity contribution in [2.45, 2.75) is 0 Å². The highest BCUT2D eigenvalue weighted by atomic mass is 35.5. The Hall–Kier alpha value is -1.79. The van der Waals surface area contributed by atoms with E-state index in [1.54, 1.807) is 25.4 Å². The number of pyridine rings is 1. The highest BCUT2D eigenvalue weighted by molar-refractivity contribution is 6.32. The lowest BCUT2D eigenvalue weighted by Crippen LogP contribution is -2.14. The normalized spacial score (nSPS) is 10.2. The number of hydrogen-bond acceptors (Lipinski definition) is 6. The summed E-state index contributed by atoms with van der Waals surface area (Å²) in [6.07, 6.45) is 3.01. The molecule has 0 aliphatic rings. The Balaban J connectivity index is 1.88. The molecule has 2 rings (SSSR count). The summed E-state index contributed by atoms with van der Waals surface area (Å²) in [5.41, 5.74) is 0.644. The van der Waals surface area contributed by atoms with E-state index >= 15 is 0 Å². The summed E-state index contributed by atoms with van der Waals surface area (Å²) in [4.78, 5) is 12.0. The molecule has 20 heavy (non-hydrogen) atoms. The molecule has 2 heterocycles. The van der Waals surface area contributed by atoms with Crippen molar-refractivity contribution < 1.29 is 4.74 Å². The van der Waals surface area contributed by atoms with E-state index in [1.807, 2.05) is 0 Å². The molecule has 0 aliphatic carbocycles. The van der Waals surface area contributed by atoms with E-state index in [9.17, 15) is 0 Å². The third-order valence-electron chi connectivity index (χ3n) is 2.41. The number of rotatable bonds is 6. The summed E-state index contributed by atoms with van der Waals surface area (Å²) in [6, 6.07) is 3.47. The maximum absolute atomic E-state index is 5.95. The first kappa shape index (κ1) is 14.6. The van der Waals surface area contributed by atoms with Crippen LogP contribution in [0, 0.1) is 0 Å². The Morgan fingerprint density at radius 2 is 2.10 bits per heavy atom. The first-order valence-corrected chi connectivity index (χ1v) is 6.63. The highest BCUT2D eigenvalue weighted by Gasteiger charge is 2.07. The molecule has 0 unspecified atom stereocenters. The molecular formula is C12H13Cl2N5O. The van der Waals surface area contributed by atoms with Gasteiger partial charge >= 0.3 is 0 Å². The number of hydrogen-bond donors (Lipinski definition) is 2. The molecule has 0 amide bonds.